The zero-order valence-corrected chi connectivity index (χ0v) is 8.84. The summed E-state index contributed by atoms with van der Waals surface area (Å²) in [4.78, 5) is 0. The summed E-state index contributed by atoms with van der Waals surface area (Å²) in [5, 5.41) is 6.55. The predicted octanol–water partition coefficient (Wildman–Crippen LogP) is -0.750. The lowest BCUT2D eigenvalue weighted by molar-refractivity contribution is 0.549. The standard InChI is InChI=1S/C9H24N4/c1-8(10)6-12-4-3-5-13-7-9(2)11/h8-9,12-13H,3-7,10-11H2,1-2H3. The van der Waals surface area contributed by atoms with Crippen LogP contribution in [0.4, 0.5) is 0 Å². The fraction of sp³-hybridized carbons (Fsp3) is 1.00. The Morgan fingerprint density at radius 1 is 0.923 bits per heavy atom. The zero-order valence-electron chi connectivity index (χ0n) is 8.84. The first-order valence-electron chi connectivity index (χ1n) is 5.05. The Kier molecular flexibility index (Phi) is 8.33. The van der Waals surface area contributed by atoms with Gasteiger partial charge in [0.15, 0.2) is 0 Å². The highest BCUT2D eigenvalue weighted by atomic mass is 14.9. The summed E-state index contributed by atoms with van der Waals surface area (Å²) in [7, 11) is 0. The summed E-state index contributed by atoms with van der Waals surface area (Å²) in [6.07, 6.45) is 1.12. The van der Waals surface area contributed by atoms with Crippen LogP contribution in [0.1, 0.15) is 20.3 Å². The van der Waals surface area contributed by atoms with Gasteiger partial charge >= 0.3 is 0 Å². The third-order valence-electron chi connectivity index (χ3n) is 1.64. The summed E-state index contributed by atoms with van der Waals surface area (Å²) in [5.74, 6) is 0. The molecule has 0 saturated carbocycles. The van der Waals surface area contributed by atoms with Crippen molar-refractivity contribution >= 4 is 0 Å². The summed E-state index contributed by atoms with van der Waals surface area (Å²) in [5.41, 5.74) is 11.2. The van der Waals surface area contributed by atoms with E-state index in [1.165, 1.54) is 0 Å². The summed E-state index contributed by atoms with van der Waals surface area (Å²) >= 11 is 0. The van der Waals surface area contributed by atoms with E-state index in [-0.39, 0.29) is 12.1 Å². The van der Waals surface area contributed by atoms with Crippen LogP contribution in [0.15, 0.2) is 0 Å². The largest absolute Gasteiger partial charge is 0.327 e. The highest BCUT2D eigenvalue weighted by Crippen LogP contribution is 1.76. The van der Waals surface area contributed by atoms with Crippen molar-refractivity contribution < 1.29 is 0 Å². The highest BCUT2D eigenvalue weighted by Gasteiger charge is 1.94. The van der Waals surface area contributed by atoms with Gasteiger partial charge in [0.25, 0.3) is 0 Å². The van der Waals surface area contributed by atoms with Gasteiger partial charge in [0, 0.05) is 25.2 Å². The van der Waals surface area contributed by atoms with Crippen LogP contribution in [0.5, 0.6) is 0 Å². The van der Waals surface area contributed by atoms with Crippen molar-refractivity contribution in [3.05, 3.63) is 0 Å². The Balaban J connectivity index is 2.92. The van der Waals surface area contributed by atoms with Crippen LogP contribution in [0.25, 0.3) is 0 Å². The average Bonchev–Trinajstić information content (AvgIpc) is 2.01. The quantitative estimate of drug-likeness (QED) is 0.378. The Morgan fingerprint density at radius 2 is 1.31 bits per heavy atom. The van der Waals surface area contributed by atoms with Gasteiger partial charge in [0.1, 0.15) is 0 Å². The van der Waals surface area contributed by atoms with Crippen molar-refractivity contribution in [1.82, 2.24) is 10.6 Å². The molecule has 0 radical (unpaired) electrons. The number of nitrogens with one attached hydrogen (secondary N) is 2. The molecule has 0 spiro atoms. The summed E-state index contributed by atoms with van der Waals surface area (Å²) in [6, 6.07) is 0.494. The molecule has 0 rings (SSSR count). The number of rotatable bonds is 8. The van der Waals surface area contributed by atoms with Gasteiger partial charge in [-0.1, -0.05) is 0 Å². The SMILES string of the molecule is CC(N)CNCCCNCC(C)N. The number of hydrogen-bond acceptors (Lipinski definition) is 4. The van der Waals surface area contributed by atoms with E-state index in [4.69, 9.17) is 11.5 Å². The summed E-state index contributed by atoms with van der Waals surface area (Å²) < 4.78 is 0. The van der Waals surface area contributed by atoms with Crippen LogP contribution in [0, 0.1) is 0 Å². The maximum atomic E-state index is 5.58. The Bertz CT molecular complexity index is 91.8. The van der Waals surface area contributed by atoms with Crippen molar-refractivity contribution in [2.24, 2.45) is 11.5 Å². The van der Waals surface area contributed by atoms with E-state index in [2.05, 4.69) is 10.6 Å². The molecule has 0 saturated heterocycles. The zero-order chi connectivity index (χ0) is 10.1. The highest BCUT2D eigenvalue weighted by molar-refractivity contribution is 4.60. The van der Waals surface area contributed by atoms with Gasteiger partial charge in [-0.3, -0.25) is 0 Å². The molecule has 0 amide bonds. The molecular weight excluding hydrogens is 164 g/mol. The molecule has 80 valence electrons. The molecule has 0 aliphatic rings. The van der Waals surface area contributed by atoms with Crippen molar-refractivity contribution in [2.45, 2.75) is 32.4 Å². The first-order chi connectivity index (χ1) is 6.13. The smallest absolute Gasteiger partial charge is 0.0136 e. The molecule has 4 heteroatoms. The topological polar surface area (TPSA) is 76.1 Å². The van der Waals surface area contributed by atoms with E-state index >= 15 is 0 Å². The van der Waals surface area contributed by atoms with Crippen LogP contribution < -0.4 is 22.1 Å². The first-order valence-corrected chi connectivity index (χ1v) is 5.05. The molecule has 2 atom stereocenters. The number of hydrogen-bond donors (Lipinski definition) is 4. The van der Waals surface area contributed by atoms with Gasteiger partial charge in [-0.25, -0.2) is 0 Å². The third kappa shape index (κ3) is 11.8. The van der Waals surface area contributed by atoms with E-state index in [1.807, 2.05) is 13.8 Å². The van der Waals surface area contributed by atoms with Crippen molar-refractivity contribution in [2.75, 3.05) is 26.2 Å². The summed E-state index contributed by atoms with van der Waals surface area (Å²) in [6.45, 7) is 7.84. The van der Waals surface area contributed by atoms with E-state index in [0.29, 0.717) is 0 Å². The van der Waals surface area contributed by atoms with E-state index in [1.54, 1.807) is 0 Å². The minimum absolute atomic E-state index is 0.247. The minimum atomic E-state index is 0.247. The molecule has 0 heterocycles. The van der Waals surface area contributed by atoms with Crippen LogP contribution >= 0.6 is 0 Å². The normalized spacial score (nSPS) is 15.7. The number of nitrogens with two attached hydrogens (primary N) is 2. The molecule has 4 nitrogen and oxygen atoms in total. The lowest BCUT2D eigenvalue weighted by Crippen LogP contribution is -2.34. The fourth-order valence-electron chi connectivity index (χ4n) is 0.998. The first kappa shape index (κ1) is 12.8. The van der Waals surface area contributed by atoms with Gasteiger partial charge in [-0.2, -0.15) is 0 Å². The molecule has 0 aromatic heterocycles. The fourth-order valence-corrected chi connectivity index (χ4v) is 0.998. The van der Waals surface area contributed by atoms with E-state index in [0.717, 1.165) is 32.6 Å². The van der Waals surface area contributed by atoms with Gasteiger partial charge < -0.3 is 22.1 Å². The maximum absolute atomic E-state index is 5.58. The van der Waals surface area contributed by atoms with Crippen molar-refractivity contribution in [3.8, 4) is 0 Å². The van der Waals surface area contributed by atoms with Crippen LogP contribution in [-0.4, -0.2) is 38.3 Å². The van der Waals surface area contributed by atoms with Gasteiger partial charge in [0.2, 0.25) is 0 Å². The molecule has 6 N–H and O–H groups in total. The van der Waals surface area contributed by atoms with Crippen LogP contribution in [0.2, 0.25) is 0 Å². The minimum Gasteiger partial charge on any atom is -0.327 e. The Hall–Kier alpha value is -0.160. The molecule has 0 aliphatic carbocycles. The molecule has 2 unspecified atom stereocenters. The molecular formula is C9H24N4. The molecule has 0 fully saturated rings. The van der Waals surface area contributed by atoms with Crippen LogP contribution in [-0.2, 0) is 0 Å². The molecule has 0 aliphatic heterocycles. The molecule has 13 heavy (non-hydrogen) atoms. The van der Waals surface area contributed by atoms with Crippen molar-refractivity contribution in [3.63, 3.8) is 0 Å². The predicted molar refractivity (Wildman–Crippen MR) is 57.7 cm³/mol. The van der Waals surface area contributed by atoms with Crippen LogP contribution in [0.3, 0.4) is 0 Å². The average molecular weight is 188 g/mol. The Morgan fingerprint density at radius 3 is 1.62 bits per heavy atom. The third-order valence-corrected chi connectivity index (χ3v) is 1.64. The maximum Gasteiger partial charge on any atom is 0.0136 e. The molecule has 0 bridgehead atoms. The second-order valence-corrected chi connectivity index (χ2v) is 3.72. The van der Waals surface area contributed by atoms with E-state index in [9.17, 15) is 0 Å². The lowest BCUT2D eigenvalue weighted by atomic mass is 10.3. The Labute approximate surface area is 81.4 Å². The van der Waals surface area contributed by atoms with Crippen molar-refractivity contribution in [1.29, 1.82) is 0 Å². The second kappa shape index (κ2) is 8.44. The molecule has 0 aromatic rings. The van der Waals surface area contributed by atoms with Gasteiger partial charge in [0.05, 0.1) is 0 Å². The lowest BCUT2D eigenvalue weighted by Gasteiger charge is -2.09. The van der Waals surface area contributed by atoms with E-state index < -0.39 is 0 Å². The van der Waals surface area contributed by atoms with Gasteiger partial charge in [-0.05, 0) is 33.4 Å². The van der Waals surface area contributed by atoms with Gasteiger partial charge in [-0.15, -0.1) is 0 Å². The molecule has 0 aromatic carbocycles. The monoisotopic (exact) mass is 188 g/mol. The second-order valence-electron chi connectivity index (χ2n) is 3.72.